The number of carbonyl (C=O) groups is 1. The zero-order chi connectivity index (χ0) is 13.2. The second-order valence-electron chi connectivity index (χ2n) is 5.08. The van der Waals surface area contributed by atoms with Gasteiger partial charge in [-0.1, -0.05) is 28.0 Å². The maximum absolute atomic E-state index is 11.5. The minimum Gasteiger partial charge on any atom is -0.356 e. The molecule has 1 atom stereocenters. The van der Waals surface area contributed by atoms with Gasteiger partial charge in [0, 0.05) is 24.0 Å². The first-order valence-corrected chi connectivity index (χ1v) is 9.26. The van der Waals surface area contributed by atoms with Gasteiger partial charge in [0.05, 0.1) is 0 Å². The maximum atomic E-state index is 11.5. The lowest BCUT2D eigenvalue weighted by atomic mass is 10.1. The van der Waals surface area contributed by atoms with Gasteiger partial charge in [0.1, 0.15) is 0 Å². The molecule has 0 aromatic carbocycles. The molecule has 5 heteroatoms. The van der Waals surface area contributed by atoms with E-state index in [9.17, 15) is 4.79 Å². The number of amides is 1. The Morgan fingerprint density at radius 1 is 1.33 bits per heavy atom. The highest BCUT2D eigenvalue weighted by Gasteiger charge is 2.15. The van der Waals surface area contributed by atoms with Crippen LogP contribution in [0.2, 0.25) is 0 Å². The third kappa shape index (κ3) is 8.27. The fourth-order valence-corrected chi connectivity index (χ4v) is 4.96. The minimum absolute atomic E-state index is 0.224. The van der Waals surface area contributed by atoms with Crippen molar-refractivity contribution in [1.82, 2.24) is 10.2 Å². The lowest BCUT2D eigenvalue weighted by Crippen LogP contribution is -2.26. The van der Waals surface area contributed by atoms with Gasteiger partial charge in [0.25, 0.3) is 0 Å². The standard InChI is InChI=1S/C13H26N2OS2/c1-15(2)10-5-9-14-13(16)7-4-3-6-12-8-11-17-18-12/h12H,3-11H2,1-2H3,(H,14,16). The second-order valence-corrected chi connectivity index (χ2v) is 7.87. The Balaban J connectivity index is 1.87. The molecular weight excluding hydrogens is 264 g/mol. The van der Waals surface area contributed by atoms with E-state index in [1.165, 1.54) is 25.0 Å². The summed E-state index contributed by atoms with van der Waals surface area (Å²) in [7, 11) is 8.14. The van der Waals surface area contributed by atoms with Crippen LogP contribution in [0, 0.1) is 0 Å². The maximum Gasteiger partial charge on any atom is 0.219 e. The van der Waals surface area contributed by atoms with Gasteiger partial charge in [-0.2, -0.15) is 0 Å². The summed E-state index contributed by atoms with van der Waals surface area (Å²) in [4.78, 5) is 13.7. The van der Waals surface area contributed by atoms with Crippen molar-refractivity contribution in [2.45, 2.75) is 43.8 Å². The van der Waals surface area contributed by atoms with Crippen molar-refractivity contribution in [3.8, 4) is 0 Å². The van der Waals surface area contributed by atoms with Gasteiger partial charge < -0.3 is 10.2 Å². The lowest BCUT2D eigenvalue weighted by Gasteiger charge is -2.10. The van der Waals surface area contributed by atoms with Crippen LogP contribution < -0.4 is 5.32 Å². The second kappa shape index (κ2) is 9.98. The van der Waals surface area contributed by atoms with E-state index in [0.29, 0.717) is 6.42 Å². The van der Waals surface area contributed by atoms with Crippen molar-refractivity contribution < 1.29 is 4.79 Å². The molecule has 0 aliphatic carbocycles. The monoisotopic (exact) mass is 290 g/mol. The summed E-state index contributed by atoms with van der Waals surface area (Å²) in [5.74, 6) is 1.53. The van der Waals surface area contributed by atoms with Crippen molar-refractivity contribution >= 4 is 27.5 Å². The van der Waals surface area contributed by atoms with Crippen LogP contribution in [0.15, 0.2) is 0 Å². The molecule has 106 valence electrons. The van der Waals surface area contributed by atoms with E-state index in [2.05, 4.69) is 24.3 Å². The van der Waals surface area contributed by atoms with Crippen LogP contribution in [0.1, 0.15) is 38.5 Å². The van der Waals surface area contributed by atoms with E-state index < -0.39 is 0 Å². The molecule has 3 nitrogen and oxygen atoms in total. The fourth-order valence-electron chi connectivity index (χ4n) is 1.93. The summed E-state index contributed by atoms with van der Waals surface area (Å²) in [6, 6.07) is 0. The van der Waals surface area contributed by atoms with Crippen LogP contribution in [0.4, 0.5) is 0 Å². The fraction of sp³-hybridized carbons (Fsp3) is 0.923. The van der Waals surface area contributed by atoms with E-state index in [-0.39, 0.29) is 5.91 Å². The van der Waals surface area contributed by atoms with Crippen molar-refractivity contribution in [3.63, 3.8) is 0 Å². The number of rotatable bonds is 9. The van der Waals surface area contributed by atoms with Gasteiger partial charge in [-0.25, -0.2) is 0 Å². The van der Waals surface area contributed by atoms with Crippen LogP contribution >= 0.6 is 21.6 Å². The average Bonchev–Trinajstić information content (AvgIpc) is 2.83. The number of hydrogen-bond acceptors (Lipinski definition) is 4. The molecule has 1 rings (SSSR count). The Hall–Kier alpha value is 0.130. The highest BCUT2D eigenvalue weighted by Crippen LogP contribution is 2.39. The van der Waals surface area contributed by atoms with Crippen LogP contribution in [0.5, 0.6) is 0 Å². The summed E-state index contributed by atoms with van der Waals surface area (Å²) >= 11 is 0. The third-order valence-electron chi connectivity index (χ3n) is 3.01. The lowest BCUT2D eigenvalue weighted by molar-refractivity contribution is -0.121. The average molecular weight is 290 g/mol. The first-order valence-electron chi connectivity index (χ1n) is 6.88. The predicted octanol–water partition coefficient (Wildman–Crippen LogP) is 2.77. The van der Waals surface area contributed by atoms with Crippen LogP contribution in [-0.4, -0.2) is 49.0 Å². The smallest absolute Gasteiger partial charge is 0.219 e. The molecule has 0 radical (unpaired) electrons. The van der Waals surface area contributed by atoms with Crippen molar-refractivity contribution in [3.05, 3.63) is 0 Å². The summed E-state index contributed by atoms with van der Waals surface area (Å²) in [5.41, 5.74) is 0. The Labute approximate surface area is 119 Å². The molecular formula is C13H26N2OS2. The van der Waals surface area contributed by atoms with Gasteiger partial charge in [-0.3, -0.25) is 4.79 Å². The third-order valence-corrected chi connectivity index (χ3v) is 6.02. The molecule has 0 spiro atoms. The van der Waals surface area contributed by atoms with Crippen molar-refractivity contribution in [2.24, 2.45) is 0 Å². The summed E-state index contributed by atoms with van der Waals surface area (Å²) in [6.07, 6.45) is 6.61. The topological polar surface area (TPSA) is 32.3 Å². The van der Waals surface area contributed by atoms with E-state index in [1.807, 2.05) is 21.6 Å². The largest absolute Gasteiger partial charge is 0.356 e. The van der Waals surface area contributed by atoms with Crippen LogP contribution in [0.25, 0.3) is 0 Å². The molecule has 0 aromatic heterocycles. The minimum atomic E-state index is 0.224. The molecule has 1 N–H and O–H groups in total. The molecule has 18 heavy (non-hydrogen) atoms. The molecule has 1 aliphatic heterocycles. The van der Waals surface area contributed by atoms with Crippen molar-refractivity contribution in [1.29, 1.82) is 0 Å². The van der Waals surface area contributed by atoms with Gasteiger partial charge in [0.15, 0.2) is 0 Å². The molecule has 1 fully saturated rings. The first kappa shape index (κ1) is 16.2. The Kier molecular flexibility index (Phi) is 8.98. The number of unbranched alkanes of at least 4 members (excludes halogenated alkanes) is 1. The van der Waals surface area contributed by atoms with Gasteiger partial charge in [-0.15, -0.1) is 0 Å². The summed E-state index contributed by atoms with van der Waals surface area (Å²) < 4.78 is 0. The first-order chi connectivity index (χ1) is 8.68. The highest BCUT2D eigenvalue weighted by atomic mass is 33.1. The molecule has 1 amide bonds. The van der Waals surface area contributed by atoms with Gasteiger partial charge in [0.2, 0.25) is 5.91 Å². The van der Waals surface area contributed by atoms with E-state index in [1.54, 1.807) is 0 Å². The highest BCUT2D eigenvalue weighted by molar-refractivity contribution is 8.77. The molecule has 1 unspecified atom stereocenters. The molecule has 0 aromatic rings. The zero-order valence-corrected chi connectivity index (χ0v) is 13.2. The van der Waals surface area contributed by atoms with E-state index >= 15 is 0 Å². The normalized spacial score (nSPS) is 19.4. The van der Waals surface area contributed by atoms with Crippen molar-refractivity contribution in [2.75, 3.05) is 32.9 Å². The Morgan fingerprint density at radius 2 is 2.17 bits per heavy atom. The van der Waals surface area contributed by atoms with E-state index in [4.69, 9.17) is 0 Å². The summed E-state index contributed by atoms with van der Waals surface area (Å²) in [6.45, 7) is 1.85. The Bertz CT molecular complexity index is 231. The zero-order valence-electron chi connectivity index (χ0n) is 11.6. The molecule has 1 aliphatic rings. The summed E-state index contributed by atoms with van der Waals surface area (Å²) in [5, 5.41) is 3.84. The number of carbonyl (C=O) groups excluding carboxylic acids is 1. The molecule has 1 saturated heterocycles. The van der Waals surface area contributed by atoms with Crippen LogP contribution in [-0.2, 0) is 4.79 Å². The number of hydrogen-bond donors (Lipinski definition) is 1. The van der Waals surface area contributed by atoms with E-state index in [0.717, 1.165) is 31.2 Å². The predicted molar refractivity (Wildman–Crippen MR) is 83.1 cm³/mol. The molecule has 1 heterocycles. The van der Waals surface area contributed by atoms with Crippen LogP contribution in [0.3, 0.4) is 0 Å². The SMILES string of the molecule is CN(C)CCCNC(=O)CCCCC1CCSS1. The van der Waals surface area contributed by atoms with Gasteiger partial charge in [-0.05, 0) is 46.3 Å². The Morgan fingerprint density at radius 3 is 2.83 bits per heavy atom. The number of nitrogens with one attached hydrogen (secondary N) is 1. The molecule has 0 bridgehead atoms. The quantitative estimate of drug-likeness (QED) is 0.523. The number of nitrogens with zero attached hydrogens (tertiary/aromatic N) is 1. The van der Waals surface area contributed by atoms with Gasteiger partial charge >= 0.3 is 0 Å². The molecule has 0 saturated carbocycles.